The number of rotatable bonds is 4. The zero-order valence-corrected chi connectivity index (χ0v) is 12.7. The van der Waals surface area contributed by atoms with Gasteiger partial charge in [0.25, 0.3) is 0 Å². The number of ether oxygens (including phenoxy) is 1. The van der Waals surface area contributed by atoms with Crippen molar-refractivity contribution < 1.29 is 14.3 Å². The summed E-state index contributed by atoms with van der Waals surface area (Å²) in [6.07, 6.45) is 1.27. The average Bonchev–Trinajstić information content (AvgIpc) is 2.45. The van der Waals surface area contributed by atoms with Crippen LogP contribution in [0.5, 0.6) is 0 Å². The first-order valence-electron chi connectivity index (χ1n) is 5.74. The number of ketones is 1. The van der Waals surface area contributed by atoms with E-state index in [0.717, 1.165) is 0 Å². The van der Waals surface area contributed by atoms with Crippen LogP contribution in [0.3, 0.4) is 0 Å². The molecule has 108 valence electrons. The van der Waals surface area contributed by atoms with Crippen molar-refractivity contribution in [2.24, 2.45) is 0 Å². The van der Waals surface area contributed by atoms with Crippen LogP contribution in [0.25, 0.3) is 0 Å². The van der Waals surface area contributed by atoms with Gasteiger partial charge in [-0.15, -0.1) is 0 Å². The molecule has 0 unspecified atom stereocenters. The second-order valence-corrected chi connectivity index (χ2v) is 5.22. The lowest BCUT2D eigenvalue weighted by Gasteiger charge is -2.06. The third kappa shape index (κ3) is 4.17. The van der Waals surface area contributed by atoms with Crippen LogP contribution < -0.4 is 0 Å². The molecular weight excluding hydrogens is 337 g/mol. The molecule has 0 bridgehead atoms. The van der Waals surface area contributed by atoms with Gasteiger partial charge >= 0.3 is 5.97 Å². The molecule has 0 N–H and O–H groups in total. The van der Waals surface area contributed by atoms with E-state index in [-0.39, 0.29) is 21.3 Å². The van der Waals surface area contributed by atoms with Gasteiger partial charge in [-0.25, -0.2) is 9.78 Å². The molecule has 0 saturated carbocycles. The number of nitrogens with zero attached hydrogens (tertiary/aromatic N) is 1. The van der Waals surface area contributed by atoms with E-state index >= 15 is 0 Å². The molecule has 0 amide bonds. The van der Waals surface area contributed by atoms with Gasteiger partial charge < -0.3 is 4.74 Å². The van der Waals surface area contributed by atoms with Crippen molar-refractivity contribution in [2.45, 2.75) is 0 Å². The molecule has 0 aliphatic carbocycles. The summed E-state index contributed by atoms with van der Waals surface area (Å²) in [7, 11) is 0. The Morgan fingerprint density at radius 3 is 2.48 bits per heavy atom. The fourth-order valence-electron chi connectivity index (χ4n) is 1.50. The monoisotopic (exact) mass is 343 g/mol. The predicted molar refractivity (Wildman–Crippen MR) is 80.3 cm³/mol. The maximum Gasteiger partial charge on any atom is 0.340 e. The maximum atomic E-state index is 11.9. The number of pyridine rings is 1. The molecule has 1 aromatic carbocycles. The van der Waals surface area contributed by atoms with Gasteiger partial charge in [0, 0.05) is 16.8 Å². The summed E-state index contributed by atoms with van der Waals surface area (Å²) in [5.74, 6) is -1.09. The minimum Gasteiger partial charge on any atom is -0.454 e. The Labute approximate surface area is 135 Å². The fraction of sp³-hybridized carbons (Fsp3) is 0.0714. The third-order valence-corrected chi connectivity index (χ3v) is 3.30. The van der Waals surface area contributed by atoms with Crippen molar-refractivity contribution in [2.75, 3.05) is 6.61 Å². The van der Waals surface area contributed by atoms with Crippen LogP contribution in [-0.2, 0) is 4.74 Å². The first kappa shape index (κ1) is 15.8. The Kier molecular flexibility index (Phi) is 5.17. The molecule has 0 aliphatic rings. The average molecular weight is 345 g/mol. The number of hydrogen-bond donors (Lipinski definition) is 0. The van der Waals surface area contributed by atoms with Crippen molar-refractivity contribution in [1.29, 1.82) is 0 Å². The summed E-state index contributed by atoms with van der Waals surface area (Å²) in [5.41, 5.74) is 0.442. The number of hydrogen-bond acceptors (Lipinski definition) is 4. The minimum absolute atomic E-state index is 0.203. The highest BCUT2D eigenvalue weighted by atomic mass is 35.5. The highest BCUT2D eigenvalue weighted by Gasteiger charge is 2.14. The van der Waals surface area contributed by atoms with Gasteiger partial charge in [0.15, 0.2) is 6.61 Å². The van der Waals surface area contributed by atoms with Crippen molar-refractivity contribution >= 4 is 46.6 Å². The quantitative estimate of drug-likeness (QED) is 0.476. The molecular formula is C14H8Cl3NO3. The number of Topliss-reactive ketones (excluding diaryl/α,β-unsaturated/α-hetero) is 1. The van der Waals surface area contributed by atoms with Gasteiger partial charge in [-0.1, -0.05) is 34.8 Å². The lowest BCUT2D eigenvalue weighted by Crippen LogP contribution is -2.14. The third-order valence-electron chi connectivity index (χ3n) is 2.53. The molecule has 0 fully saturated rings. The van der Waals surface area contributed by atoms with Crippen LogP contribution in [-0.4, -0.2) is 23.3 Å². The van der Waals surface area contributed by atoms with Gasteiger partial charge in [-0.2, -0.15) is 0 Å². The van der Waals surface area contributed by atoms with Crippen LogP contribution in [0.2, 0.25) is 15.2 Å². The lowest BCUT2D eigenvalue weighted by molar-refractivity contribution is 0.0474. The zero-order chi connectivity index (χ0) is 15.4. The van der Waals surface area contributed by atoms with E-state index in [1.54, 1.807) is 0 Å². The van der Waals surface area contributed by atoms with Crippen LogP contribution in [0, 0.1) is 0 Å². The van der Waals surface area contributed by atoms with Crippen molar-refractivity contribution in [3.8, 4) is 0 Å². The van der Waals surface area contributed by atoms with E-state index in [0.29, 0.717) is 5.02 Å². The second kappa shape index (κ2) is 6.89. The van der Waals surface area contributed by atoms with Crippen LogP contribution in [0.1, 0.15) is 20.7 Å². The first-order valence-corrected chi connectivity index (χ1v) is 6.87. The molecule has 2 rings (SSSR count). The summed E-state index contributed by atoms with van der Waals surface area (Å²) in [4.78, 5) is 27.4. The Morgan fingerprint density at radius 1 is 1.10 bits per heavy atom. The normalized spacial score (nSPS) is 10.2. The van der Waals surface area contributed by atoms with Crippen LogP contribution >= 0.6 is 34.8 Å². The van der Waals surface area contributed by atoms with Gasteiger partial charge in [-0.3, -0.25) is 4.79 Å². The van der Waals surface area contributed by atoms with E-state index in [1.807, 2.05) is 0 Å². The van der Waals surface area contributed by atoms with E-state index in [1.165, 1.54) is 36.5 Å². The molecule has 1 aromatic heterocycles. The molecule has 7 heteroatoms. The molecule has 0 spiro atoms. The Balaban J connectivity index is 2.00. The Bertz CT molecular complexity index is 686. The van der Waals surface area contributed by atoms with Gasteiger partial charge in [0.05, 0.1) is 10.6 Å². The molecule has 4 nitrogen and oxygen atoms in total. The number of carbonyl (C=O) groups is 2. The number of esters is 1. The van der Waals surface area contributed by atoms with Crippen molar-refractivity contribution in [3.05, 3.63) is 62.9 Å². The topological polar surface area (TPSA) is 56.3 Å². The Morgan fingerprint density at radius 2 is 1.86 bits per heavy atom. The van der Waals surface area contributed by atoms with Crippen molar-refractivity contribution in [3.63, 3.8) is 0 Å². The van der Waals surface area contributed by atoms with Crippen LogP contribution in [0.15, 0.2) is 36.5 Å². The number of halogens is 3. The minimum atomic E-state index is -0.669. The largest absolute Gasteiger partial charge is 0.454 e. The van der Waals surface area contributed by atoms with E-state index in [4.69, 9.17) is 39.5 Å². The van der Waals surface area contributed by atoms with Gasteiger partial charge in [0.2, 0.25) is 5.78 Å². The lowest BCUT2D eigenvalue weighted by atomic mass is 10.1. The highest BCUT2D eigenvalue weighted by molar-refractivity contribution is 6.36. The van der Waals surface area contributed by atoms with Crippen LogP contribution in [0.4, 0.5) is 0 Å². The number of benzene rings is 1. The SMILES string of the molecule is O=C(OCC(=O)c1ccc(Cl)cc1Cl)c1ccc(Cl)nc1. The summed E-state index contributed by atoms with van der Waals surface area (Å²) < 4.78 is 4.91. The summed E-state index contributed by atoms with van der Waals surface area (Å²) in [5, 5.41) is 0.882. The zero-order valence-electron chi connectivity index (χ0n) is 10.5. The second-order valence-electron chi connectivity index (χ2n) is 3.99. The Hall–Kier alpha value is -1.62. The molecule has 0 radical (unpaired) electrons. The molecule has 0 saturated heterocycles. The molecule has 2 aromatic rings. The molecule has 21 heavy (non-hydrogen) atoms. The summed E-state index contributed by atoms with van der Waals surface area (Å²) in [6.45, 7) is -0.428. The standard InChI is InChI=1S/C14H8Cl3NO3/c15-9-2-3-10(11(16)5-9)12(19)7-21-14(20)8-1-4-13(17)18-6-8/h1-6H,7H2. The smallest absolute Gasteiger partial charge is 0.340 e. The van der Waals surface area contributed by atoms with Gasteiger partial charge in [0.1, 0.15) is 5.15 Å². The fourth-order valence-corrected chi connectivity index (χ4v) is 2.13. The highest BCUT2D eigenvalue weighted by Crippen LogP contribution is 2.21. The number of aromatic nitrogens is 1. The molecule has 1 heterocycles. The summed E-state index contributed by atoms with van der Waals surface area (Å²) in [6, 6.07) is 7.37. The first-order chi connectivity index (χ1) is 9.97. The molecule has 0 aliphatic heterocycles. The van der Waals surface area contributed by atoms with E-state index in [9.17, 15) is 9.59 Å². The number of carbonyl (C=O) groups excluding carboxylic acids is 2. The van der Waals surface area contributed by atoms with E-state index in [2.05, 4.69) is 4.98 Å². The maximum absolute atomic E-state index is 11.9. The molecule has 0 atom stereocenters. The van der Waals surface area contributed by atoms with Gasteiger partial charge in [-0.05, 0) is 30.3 Å². The summed E-state index contributed by atoms with van der Waals surface area (Å²) >= 11 is 17.3. The van der Waals surface area contributed by atoms with E-state index < -0.39 is 18.4 Å². The van der Waals surface area contributed by atoms with Crippen molar-refractivity contribution in [1.82, 2.24) is 4.98 Å². The predicted octanol–water partition coefficient (Wildman–Crippen LogP) is 4.08.